The summed E-state index contributed by atoms with van der Waals surface area (Å²) in [5.41, 5.74) is 3.41. The topological polar surface area (TPSA) is 64.2 Å². The van der Waals surface area contributed by atoms with Crippen molar-refractivity contribution >= 4 is 27.5 Å². The molecule has 0 unspecified atom stereocenters. The fourth-order valence-corrected chi connectivity index (χ4v) is 4.49. The molecule has 5 aromatic rings. The van der Waals surface area contributed by atoms with E-state index in [0.29, 0.717) is 11.4 Å². The predicted molar refractivity (Wildman–Crippen MR) is 128 cm³/mol. The molecule has 0 saturated heterocycles. The first kappa shape index (κ1) is 23.5. The van der Waals surface area contributed by atoms with Gasteiger partial charge in [0, 0.05) is 53.4 Å². The Kier molecular flexibility index (Phi) is 4.84. The number of pyridine rings is 1. The molecular weight excluding hydrogens is 501 g/mol. The molecule has 0 aliphatic heterocycles. The largest absolute Gasteiger partial charge is 0.322 e. The number of amides is 1. The van der Waals surface area contributed by atoms with E-state index in [9.17, 15) is 24.2 Å². The van der Waals surface area contributed by atoms with Crippen LogP contribution in [0.3, 0.4) is 0 Å². The number of imidazole rings is 1. The maximum atomic E-state index is 13.2. The Balaban J connectivity index is 1.47. The van der Waals surface area contributed by atoms with Gasteiger partial charge in [-0.05, 0) is 61.0 Å². The van der Waals surface area contributed by atoms with Crippen molar-refractivity contribution in [3.05, 3.63) is 96.6 Å². The fourth-order valence-electron chi connectivity index (χ4n) is 3.81. The highest BCUT2D eigenvalue weighted by atomic mass is 32.5. The summed E-state index contributed by atoms with van der Waals surface area (Å²) in [5, 5.41) is 7.04. The number of nitrogens with zero attached hydrogens (tertiary/aromatic N) is 4. The molecule has 12 heteroatoms. The summed E-state index contributed by atoms with van der Waals surface area (Å²) in [6, 6.07) is 12.9. The van der Waals surface area contributed by atoms with Crippen molar-refractivity contribution in [3.8, 4) is 16.9 Å². The number of aryl methyl sites for hydroxylation is 1. The lowest BCUT2D eigenvalue weighted by molar-refractivity contribution is 0.102. The van der Waals surface area contributed by atoms with Crippen LogP contribution in [0.1, 0.15) is 15.9 Å². The van der Waals surface area contributed by atoms with Gasteiger partial charge in [-0.25, -0.2) is 4.52 Å². The molecule has 0 saturated carbocycles. The van der Waals surface area contributed by atoms with Crippen LogP contribution in [0.15, 0.2) is 90.3 Å². The zero-order valence-electron chi connectivity index (χ0n) is 18.6. The van der Waals surface area contributed by atoms with Crippen molar-refractivity contribution in [3.63, 3.8) is 0 Å². The minimum absolute atomic E-state index is 0.162. The SMILES string of the molecule is Cc1cc(NC(=O)c2cccc(S(F)(F)(F)(F)F)c2)cc(-n2ccn3nc(-c4cccnc4)cc23)c1. The van der Waals surface area contributed by atoms with Crippen molar-refractivity contribution in [2.45, 2.75) is 11.8 Å². The van der Waals surface area contributed by atoms with E-state index in [1.807, 2.05) is 22.8 Å². The summed E-state index contributed by atoms with van der Waals surface area (Å²) in [7, 11) is -9.92. The molecule has 3 heterocycles. The van der Waals surface area contributed by atoms with Gasteiger partial charge in [-0.1, -0.05) is 25.5 Å². The van der Waals surface area contributed by atoms with Gasteiger partial charge in [-0.3, -0.25) is 9.78 Å². The molecule has 0 aliphatic rings. The molecule has 0 atom stereocenters. The standard InChI is InChI=1S/C24H18F5N5OS/c1-16-10-19(31-24(35)17-4-2-6-21(12-17)36(25,26,27,28)29)13-20(11-16)33-8-9-34-23(33)14-22(32-34)18-5-3-7-30-15-18/h2-15H,1H3,(H,31,35). The molecule has 5 rings (SSSR count). The summed E-state index contributed by atoms with van der Waals surface area (Å²) >= 11 is 0. The van der Waals surface area contributed by atoms with Gasteiger partial charge in [0.25, 0.3) is 5.91 Å². The molecule has 0 radical (unpaired) electrons. The van der Waals surface area contributed by atoms with Crippen LogP contribution in [0.4, 0.5) is 25.1 Å². The third kappa shape index (κ3) is 4.67. The number of hydrogen-bond donors (Lipinski definition) is 1. The fraction of sp³-hybridized carbons (Fsp3) is 0.0417. The normalized spacial score (nSPS) is 13.8. The summed E-state index contributed by atoms with van der Waals surface area (Å²) in [4.78, 5) is 14.6. The highest BCUT2D eigenvalue weighted by Crippen LogP contribution is 3.02. The summed E-state index contributed by atoms with van der Waals surface area (Å²) in [6.07, 6.45) is 6.88. The van der Waals surface area contributed by atoms with Crippen LogP contribution in [0.25, 0.3) is 22.6 Å². The quantitative estimate of drug-likeness (QED) is 0.246. The van der Waals surface area contributed by atoms with E-state index < -0.39 is 26.6 Å². The summed E-state index contributed by atoms with van der Waals surface area (Å²) < 4.78 is 69.4. The van der Waals surface area contributed by atoms with E-state index in [4.69, 9.17) is 0 Å². The molecule has 0 spiro atoms. The summed E-state index contributed by atoms with van der Waals surface area (Å²) in [6.45, 7) is 1.78. The van der Waals surface area contributed by atoms with Crippen molar-refractivity contribution in [2.24, 2.45) is 0 Å². The highest BCUT2D eigenvalue weighted by molar-refractivity contribution is 8.45. The molecule has 3 aromatic heterocycles. The van der Waals surface area contributed by atoms with Gasteiger partial charge in [0.05, 0.1) is 5.69 Å². The van der Waals surface area contributed by atoms with E-state index in [2.05, 4.69) is 15.4 Å². The molecular formula is C24H18F5N5OS. The zero-order valence-corrected chi connectivity index (χ0v) is 19.4. The average Bonchev–Trinajstić information content (AvgIpc) is 3.39. The molecule has 6 nitrogen and oxygen atoms in total. The molecule has 186 valence electrons. The Hall–Kier alpha value is -4.19. The van der Waals surface area contributed by atoms with Crippen molar-refractivity contribution in [1.29, 1.82) is 0 Å². The number of halogens is 5. The second-order valence-electron chi connectivity index (χ2n) is 8.25. The van der Waals surface area contributed by atoms with Crippen LogP contribution in [-0.2, 0) is 0 Å². The Morgan fingerprint density at radius 1 is 0.944 bits per heavy atom. The van der Waals surface area contributed by atoms with Gasteiger partial charge in [0.2, 0.25) is 0 Å². The third-order valence-corrected chi connectivity index (χ3v) is 6.56. The molecule has 2 aromatic carbocycles. The summed E-state index contributed by atoms with van der Waals surface area (Å²) in [5.74, 6) is -0.948. The van der Waals surface area contributed by atoms with E-state index in [1.165, 1.54) is 0 Å². The molecule has 0 fully saturated rings. The van der Waals surface area contributed by atoms with Gasteiger partial charge < -0.3 is 9.88 Å². The first-order valence-corrected chi connectivity index (χ1v) is 12.5. The van der Waals surface area contributed by atoms with Crippen LogP contribution in [-0.4, -0.2) is 25.1 Å². The molecule has 0 bridgehead atoms. The van der Waals surface area contributed by atoms with E-state index in [0.717, 1.165) is 28.9 Å². The predicted octanol–water partition coefficient (Wildman–Crippen LogP) is 7.41. The number of nitrogens with one attached hydrogen (secondary N) is 1. The lowest BCUT2D eigenvalue weighted by Gasteiger charge is -2.40. The Morgan fingerprint density at radius 3 is 2.47 bits per heavy atom. The lowest BCUT2D eigenvalue weighted by atomic mass is 10.1. The molecule has 0 aliphatic carbocycles. The van der Waals surface area contributed by atoms with Crippen LogP contribution in [0.2, 0.25) is 0 Å². The number of carbonyl (C=O) groups excluding carboxylic acids is 1. The smallest absolute Gasteiger partial charge is 0.310 e. The van der Waals surface area contributed by atoms with Crippen molar-refractivity contribution in [2.75, 3.05) is 5.32 Å². The molecule has 36 heavy (non-hydrogen) atoms. The minimum atomic E-state index is -9.92. The first-order chi connectivity index (χ1) is 16.8. The van der Waals surface area contributed by atoms with Crippen LogP contribution >= 0.6 is 10.2 Å². The maximum Gasteiger partial charge on any atom is 0.310 e. The number of anilines is 1. The zero-order chi connectivity index (χ0) is 25.8. The molecule has 1 N–H and O–H groups in total. The van der Waals surface area contributed by atoms with Crippen LogP contribution < -0.4 is 5.32 Å². The highest BCUT2D eigenvalue weighted by Gasteiger charge is 2.65. The third-order valence-electron chi connectivity index (χ3n) is 5.42. The van der Waals surface area contributed by atoms with Gasteiger partial charge in [0.15, 0.2) is 0 Å². The van der Waals surface area contributed by atoms with Gasteiger partial charge in [-0.2, -0.15) is 5.10 Å². The first-order valence-electron chi connectivity index (χ1n) is 10.5. The number of hydrogen-bond acceptors (Lipinski definition) is 3. The Bertz CT molecular complexity index is 1630. The molecule has 1 amide bonds. The van der Waals surface area contributed by atoms with Gasteiger partial charge in [0.1, 0.15) is 10.5 Å². The number of aromatic nitrogens is 4. The van der Waals surface area contributed by atoms with Crippen molar-refractivity contribution < 1.29 is 24.2 Å². The average molecular weight is 519 g/mol. The number of rotatable bonds is 5. The monoisotopic (exact) mass is 519 g/mol. The van der Waals surface area contributed by atoms with E-state index in [1.54, 1.807) is 54.4 Å². The Labute approximate surface area is 201 Å². The lowest BCUT2D eigenvalue weighted by Crippen LogP contribution is -2.14. The second-order valence-corrected chi connectivity index (χ2v) is 10.7. The number of benzene rings is 2. The number of carbonyl (C=O) groups is 1. The van der Waals surface area contributed by atoms with E-state index >= 15 is 0 Å². The van der Waals surface area contributed by atoms with E-state index in [-0.39, 0.29) is 17.8 Å². The maximum absolute atomic E-state index is 13.2. The Morgan fingerprint density at radius 2 is 1.75 bits per heavy atom. The second kappa shape index (κ2) is 7.40. The minimum Gasteiger partial charge on any atom is -0.322 e. The van der Waals surface area contributed by atoms with Gasteiger partial charge in [-0.15, -0.1) is 0 Å². The van der Waals surface area contributed by atoms with Gasteiger partial charge >= 0.3 is 10.2 Å². The van der Waals surface area contributed by atoms with Crippen LogP contribution in [0, 0.1) is 6.92 Å². The number of fused-ring (bicyclic) bond motifs is 1. The van der Waals surface area contributed by atoms with Crippen molar-refractivity contribution in [1.82, 2.24) is 19.2 Å². The van der Waals surface area contributed by atoms with Crippen LogP contribution in [0.5, 0.6) is 0 Å².